The summed E-state index contributed by atoms with van der Waals surface area (Å²) < 4.78 is 11.8. The van der Waals surface area contributed by atoms with E-state index >= 15 is 0 Å². The van der Waals surface area contributed by atoms with Gasteiger partial charge in [-0.2, -0.15) is 0 Å². The molecule has 1 N–H and O–H groups in total. The molecule has 0 spiro atoms. The maximum absolute atomic E-state index is 6.14. The lowest BCUT2D eigenvalue weighted by Gasteiger charge is -2.23. The second kappa shape index (κ2) is 12.0. The van der Waals surface area contributed by atoms with Crippen LogP contribution in [-0.2, 0) is 11.3 Å². The van der Waals surface area contributed by atoms with Gasteiger partial charge in [0, 0.05) is 19.0 Å². The number of nitrogens with one attached hydrogen (secondary N) is 1. The van der Waals surface area contributed by atoms with E-state index in [1.54, 1.807) is 0 Å². The van der Waals surface area contributed by atoms with Crippen molar-refractivity contribution in [2.75, 3.05) is 13.2 Å². The first-order chi connectivity index (χ1) is 12.7. The lowest BCUT2D eigenvalue weighted by atomic mass is 10.0. The van der Waals surface area contributed by atoms with E-state index in [0.717, 1.165) is 38.2 Å². The quantitative estimate of drug-likeness (QED) is 0.424. The van der Waals surface area contributed by atoms with Gasteiger partial charge in [0.05, 0.1) is 19.3 Å². The third-order valence-electron chi connectivity index (χ3n) is 4.84. The third-order valence-corrected chi connectivity index (χ3v) is 4.84. The minimum atomic E-state index is 0.412. The predicted octanol–water partition coefficient (Wildman–Crippen LogP) is 4.94. The molecule has 3 nitrogen and oxygen atoms in total. The van der Waals surface area contributed by atoms with Gasteiger partial charge in [-0.15, -0.1) is 12.3 Å². The number of benzene rings is 1. The number of rotatable bonds is 12. The molecule has 1 aromatic rings. The molecular formula is C23H35NO2. The van der Waals surface area contributed by atoms with Crippen LogP contribution < -0.4 is 10.1 Å². The third kappa shape index (κ3) is 8.25. The lowest BCUT2D eigenvalue weighted by Crippen LogP contribution is -2.35. The Bertz CT molecular complexity index is 526. The summed E-state index contributed by atoms with van der Waals surface area (Å²) in [5, 5.41) is 3.68. The van der Waals surface area contributed by atoms with Crippen molar-refractivity contribution in [2.45, 2.75) is 77.5 Å². The van der Waals surface area contributed by atoms with Gasteiger partial charge in [0.25, 0.3) is 0 Å². The summed E-state index contributed by atoms with van der Waals surface area (Å²) in [6.07, 6.45) is 13.7. The summed E-state index contributed by atoms with van der Waals surface area (Å²) >= 11 is 0. The van der Waals surface area contributed by atoms with E-state index < -0.39 is 0 Å². The Kier molecular flexibility index (Phi) is 9.60. The summed E-state index contributed by atoms with van der Waals surface area (Å²) in [4.78, 5) is 0. The Hall–Kier alpha value is -1.50. The second-order valence-corrected chi connectivity index (χ2v) is 7.75. The summed E-state index contributed by atoms with van der Waals surface area (Å²) in [6.45, 7) is 6.91. The van der Waals surface area contributed by atoms with Crippen molar-refractivity contribution < 1.29 is 9.47 Å². The molecule has 0 amide bonds. The zero-order valence-electron chi connectivity index (χ0n) is 16.5. The molecule has 0 radical (unpaired) electrons. The lowest BCUT2D eigenvalue weighted by molar-refractivity contribution is 0.0388. The van der Waals surface area contributed by atoms with E-state index in [0.29, 0.717) is 24.7 Å². The van der Waals surface area contributed by atoms with Crippen molar-refractivity contribution in [1.29, 1.82) is 0 Å². The summed E-state index contributed by atoms with van der Waals surface area (Å²) in [7, 11) is 0. The van der Waals surface area contributed by atoms with E-state index in [9.17, 15) is 0 Å². The second-order valence-electron chi connectivity index (χ2n) is 7.75. The monoisotopic (exact) mass is 357 g/mol. The van der Waals surface area contributed by atoms with Gasteiger partial charge < -0.3 is 14.8 Å². The molecule has 144 valence electrons. The van der Waals surface area contributed by atoms with Crippen LogP contribution in [-0.4, -0.2) is 25.4 Å². The molecule has 0 saturated heterocycles. The highest BCUT2D eigenvalue weighted by molar-refractivity contribution is 5.27. The standard InChI is InChI=1S/C23H35NO2/c1-4-5-8-15-25-23-13-11-20(12-14-23)17-24-21(16-19(2)3)18-26-22-9-6-7-10-22/h1,11-14,19,21-22,24H,5-10,15-18H2,2-3H3. The van der Waals surface area contributed by atoms with Crippen molar-refractivity contribution in [3.8, 4) is 18.1 Å². The van der Waals surface area contributed by atoms with Gasteiger partial charge in [0.1, 0.15) is 5.75 Å². The van der Waals surface area contributed by atoms with E-state index in [1.807, 2.05) is 12.1 Å². The van der Waals surface area contributed by atoms with E-state index in [4.69, 9.17) is 15.9 Å². The minimum Gasteiger partial charge on any atom is -0.494 e. The maximum Gasteiger partial charge on any atom is 0.119 e. The first-order valence-electron chi connectivity index (χ1n) is 10.2. The minimum absolute atomic E-state index is 0.412. The highest BCUT2D eigenvalue weighted by Crippen LogP contribution is 2.21. The molecule has 2 rings (SSSR count). The van der Waals surface area contributed by atoms with E-state index in [2.05, 4.69) is 37.2 Å². The van der Waals surface area contributed by atoms with Crippen molar-refractivity contribution >= 4 is 0 Å². The smallest absolute Gasteiger partial charge is 0.119 e. The van der Waals surface area contributed by atoms with Gasteiger partial charge in [0.15, 0.2) is 0 Å². The molecule has 26 heavy (non-hydrogen) atoms. The SMILES string of the molecule is C#CCCCOc1ccc(CNC(COC2CCCC2)CC(C)C)cc1. The van der Waals surface area contributed by atoms with Crippen LogP contribution in [0.3, 0.4) is 0 Å². The summed E-state index contributed by atoms with van der Waals surface area (Å²) in [5.41, 5.74) is 1.27. The van der Waals surface area contributed by atoms with Crippen LogP contribution in [0.2, 0.25) is 0 Å². The fraction of sp³-hybridized carbons (Fsp3) is 0.652. The Balaban J connectivity index is 1.74. The fourth-order valence-corrected chi connectivity index (χ4v) is 3.42. The average Bonchev–Trinajstić information content (AvgIpc) is 3.15. The zero-order chi connectivity index (χ0) is 18.6. The Morgan fingerprint density at radius 3 is 2.58 bits per heavy atom. The Labute approximate surface area is 159 Å². The van der Waals surface area contributed by atoms with Crippen molar-refractivity contribution in [3.63, 3.8) is 0 Å². The molecule has 3 heteroatoms. The van der Waals surface area contributed by atoms with Crippen molar-refractivity contribution in [1.82, 2.24) is 5.32 Å². The van der Waals surface area contributed by atoms with E-state index in [1.165, 1.54) is 31.2 Å². The fourth-order valence-electron chi connectivity index (χ4n) is 3.42. The van der Waals surface area contributed by atoms with Crippen LogP contribution >= 0.6 is 0 Å². The molecule has 1 saturated carbocycles. The number of unbranched alkanes of at least 4 members (excludes halogenated alkanes) is 1. The normalized spacial score (nSPS) is 15.9. The largest absolute Gasteiger partial charge is 0.494 e. The van der Waals surface area contributed by atoms with Crippen molar-refractivity contribution in [3.05, 3.63) is 29.8 Å². The first-order valence-corrected chi connectivity index (χ1v) is 10.2. The highest BCUT2D eigenvalue weighted by atomic mass is 16.5. The number of terminal acetylenes is 1. The predicted molar refractivity (Wildman–Crippen MR) is 108 cm³/mol. The Morgan fingerprint density at radius 1 is 1.19 bits per heavy atom. The molecule has 1 atom stereocenters. The van der Waals surface area contributed by atoms with Crippen molar-refractivity contribution in [2.24, 2.45) is 5.92 Å². The van der Waals surface area contributed by atoms with Gasteiger partial charge in [-0.05, 0) is 49.3 Å². The number of hydrogen-bond acceptors (Lipinski definition) is 3. The van der Waals surface area contributed by atoms with Crippen LogP contribution in [0, 0.1) is 18.3 Å². The molecule has 1 fully saturated rings. The van der Waals surface area contributed by atoms with Gasteiger partial charge in [-0.1, -0.05) is 38.8 Å². The van der Waals surface area contributed by atoms with Crippen LogP contribution in [0.4, 0.5) is 0 Å². The number of ether oxygens (including phenoxy) is 2. The zero-order valence-corrected chi connectivity index (χ0v) is 16.5. The molecular weight excluding hydrogens is 322 g/mol. The van der Waals surface area contributed by atoms with Crippen LogP contribution in [0.1, 0.15) is 64.4 Å². The molecule has 1 unspecified atom stereocenters. The summed E-state index contributed by atoms with van der Waals surface area (Å²) in [6, 6.07) is 8.76. The molecule has 1 aliphatic rings. The highest BCUT2D eigenvalue weighted by Gasteiger charge is 2.18. The molecule has 1 aromatic carbocycles. The first kappa shape index (κ1) is 20.8. The summed E-state index contributed by atoms with van der Waals surface area (Å²) in [5.74, 6) is 4.21. The van der Waals surface area contributed by atoms with Gasteiger partial charge in [-0.25, -0.2) is 0 Å². The number of hydrogen-bond donors (Lipinski definition) is 1. The van der Waals surface area contributed by atoms with Crippen LogP contribution in [0.5, 0.6) is 5.75 Å². The van der Waals surface area contributed by atoms with Crippen LogP contribution in [0.15, 0.2) is 24.3 Å². The van der Waals surface area contributed by atoms with Gasteiger partial charge >= 0.3 is 0 Å². The van der Waals surface area contributed by atoms with Gasteiger partial charge in [0.2, 0.25) is 0 Å². The molecule has 0 heterocycles. The molecule has 0 aromatic heterocycles. The van der Waals surface area contributed by atoms with Crippen LogP contribution in [0.25, 0.3) is 0 Å². The van der Waals surface area contributed by atoms with Gasteiger partial charge in [-0.3, -0.25) is 0 Å². The maximum atomic E-state index is 6.14. The topological polar surface area (TPSA) is 30.5 Å². The Morgan fingerprint density at radius 2 is 1.92 bits per heavy atom. The van der Waals surface area contributed by atoms with E-state index in [-0.39, 0.29) is 0 Å². The molecule has 0 aliphatic heterocycles. The average molecular weight is 358 g/mol. The molecule has 1 aliphatic carbocycles. The molecule has 0 bridgehead atoms.